The van der Waals surface area contributed by atoms with Crippen molar-refractivity contribution in [1.82, 2.24) is 5.32 Å². The minimum Gasteiger partial charge on any atom is -0.487 e. The van der Waals surface area contributed by atoms with E-state index in [9.17, 15) is 10.1 Å². The first-order valence-electron chi connectivity index (χ1n) is 13.4. The SMILES string of the molecule is CC(=O)NCCCCc1ccc(OCc2cccc(-c3ccccc3)c2C)c(Cl)c1OCc1cccc(C#N)c1. The molecule has 0 heterocycles. The van der Waals surface area contributed by atoms with Gasteiger partial charge >= 0.3 is 0 Å². The van der Waals surface area contributed by atoms with E-state index >= 15 is 0 Å². The van der Waals surface area contributed by atoms with Crippen molar-refractivity contribution in [3.63, 3.8) is 0 Å². The number of hydrogen-bond donors (Lipinski definition) is 1. The topological polar surface area (TPSA) is 71.3 Å². The Kier molecular flexibility index (Phi) is 10.2. The Hall–Kier alpha value is -4.27. The van der Waals surface area contributed by atoms with Crippen LogP contribution in [0.1, 0.15) is 47.6 Å². The summed E-state index contributed by atoms with van der Waals surface area (Å²) >= 11 is 6.89. The summed E-state index contributed by atoms with van der Waals surface area (Å²) in [5.74, 6) is 1.10. The third kappa shape index (κ3) is 7.65. The van der Waals surface area contributed by atoms with Gasteiger partial charge in [0, 0.05) is 13.5 Å². The molecule has 0 bridgehead atoms. The normalized spacial score (nSPS) is 10.6. The van der Waals surface area contributed by atoms with E-state index in [-0.39, 0.29) is 12.5 Å². The van der Waals surface area contributed by atoms with Crippen molar-refractivity contribution in [3.05, 3.63) is 118 Å². The molecule has 0 fully saturated rings. The van der Waals surface area contributed by atoms with E-state index in [1.165, 1.54) is 18.1 Å². The van der Waals surface area contributed by atoms with Crippen LogP contribution in [0, 0.1) is 18.3 Å². The zero-order valence-electron chi connectivity index (χ0n) is 22.9. The molecule has 40 heavy (non-hydrogen) atoms. The van der Waals surface area contributed by atoms with Crippen molar-refractivity contribution in [2.75, 3.05) is 6.54 Å². The minimum absolute atomic E-state index is 0.0299. The van der Waals surface area contributed by atoms with Gasteiger partial charge in [-0.2, -0.15) is 5.26 Å². The molecule has 5 nitrogen and oxygen atoms in total. The molecule has 6 heteroatoms. The van der Waals surface area contributed by atoms with E-state index in [0.717, 1.165) is 41.5 Å². The van der Waals surface area contributed by atoms with Crippen LogP contribution in [0.4, 0.5) is 0 Å². The Morgan fingerprint density at radius 1 is 0.900 bits per heavy atom. The van der Waals surface area contributed by atoms with E-state index in [1.807, 2.05) is 54.6 Å². The van der Waals surface area contributed by atoms with Crippen LogP contribution < -0.4 is 14.8 Å². The van der Waals surface area contributed by atoms with Gasteiger partial charge in [0.2, 0.25) is 5.91 Å². The molecule has 0 aliphatic rings. The summed E-state index contributed by atoms with van der Waals surface area (Å²) in [6, 6.07) is 29.9. The number of carbonyl (C=O) groups is 1. The highest BCUT2D eigenvalue weighted by molar-refractivity contribution is 6.33. The molecular weight excluding hydrogens is 520 g/mol. The van der Waals surface area contributed by atoms with Crippen LogP contribution in [0.25, 0.3) is 11.1 Å². The molecule has 0 spiro atoms. The first-order chi connectivity index (χ1) is 19.5. The number of hydrogen-bond acceptors (Lipinski definition) is 4. The molecular formula is C34H33ClN2O3. The average molecular weight is 553 g/mol. The Morgan fingerprint density at radius 2 is 1.70 bits per heavy atom. The predicted octanol–water partition coefficient (Wildman–Crippen LogP) is 7.80. The lowest BCUT2D eigenvalue weighted by atomic mass is 9.97. The van der Waals surface area contributed by atoms with Crippen LogP contribution >= 0.6 is 11.6 Å². The summed E-state index contributed by atoms with van der Waals surface area (Å²) in [7, 11) is 0. The van der Waals surface area contributed by atoms with Gasteiger partial charge in [-0.3, -0.25) is 4.79 Å². The first kappa shape index (κ1) is 28.7. The lowest BCUT2D eigenvalue weighted by molar-refractivity contribution is -0.118. The number of aryl methyl sites for hydroxylation is 1. The maximum Gasteiger partial charge on any atom is 0.216 e. The van der Waals surface area contributed by atoms with E-state index in [4.69, 9.17) is 21.1 Å². The van der Waals surface area contributed by atoms with Crippen LogP contribution in [0.2, 0.25) is 5.02 Å². The predicted molar refractivity (Wildman–Crippen MR) is 160 cm³/mol. The van der Waals surface area contributed by atoms with Crippen molar-refractivity contribution in [2.45, 2.75) is 46.3 Å². The van der Waals surface area contributed by atoms with Gasteiger partial charge in [-0.25, -0.2) is 0 Å². The Balaban J connectivity index is 1.53. The molecule has 0 atom stereocenters. The van der Waals surface area contributed by atoms with Gasteiger partial charge in [0.25, 0.3) is 0 Å². The summed E-state index contributed by atoms with van der Waals surface area (Å²) in [6.07, 6.45) is 2.45. The fourth-order valence-corrected chi connectivity index (χ4v) is 4.85. The van der Waals surface area contributed by atoms with Crippen LogP contribution in [0.5, 0.6) is 11.5 Å². The number of amides is 1. The van der Waals surface area contributed by atoms with Crippen LogP contribution in [0.15, 0.2) is 84.9 Å². The van der Waals surface area contributed by atoms with Gasteiger partial charge in [-0.15, -0.1) is 0 Å². The van der Waals surface area contributed by atoms with Gasteiger partial charge in [0.15, 0.2) is 0 Å². The fourth-order valence-electron chi connectivity index (χ4n) is 4.56. The molecule has 4 aromatic rings. The third-order valence-electron chi connectivity index (χ3n) is 6.74. The number of ether oxygens (including phenoxy) is 2. The lowest BCUT2D eigenvalue weighted by Crippen LogP contribution is -2.20. The molecule has 1 N–H and O–H groups in total. The monoisotopic (exact) mass is 552 g/mol. The smallest absolute Gasteiger partial charge is 0.216 e. The second-order valence-corrected chi connectivity index (χ2v) is 10.0. The van der Waals surface area contributed by atoms with Gasteiger partial charge in [0.05, 0.1) is 11.6 Å². The van der Waals surface area contributed by atoms with Gasteiger partial charge in [-0.05, 0) is 77.8 Å². The van der Waals surface area contributed by atoms with E-state index in [0.29, 0.717) is 35.2 Å². The molecule has 0 aliphatic heterocycles. The quantitative estimate of drug-likeness (QED) is 0.182. The maximum absolute atomic E-state index is 11.2. The van der Waals surface area contributed by atoms with Gasteiger partial charge in [0.1, 0.15) is 29.7 Å². The van der Waals surface area contributed by atoms with E-state index in [2.05, 4.69) is 42.6 Å². The maximum atomic E-state index is 11.2. The number of benzene rings is 4. The molecule has 0 aliphatic carbocycles. The Morgan fingerprint density at radius 3 is 2.48 bits per heavy atom. The van der Waals surface area contributed by atoms with Gasteiger partial charge < -0.3 is 14.8 Å². The average Bonchev–Trinajstić information content (AvgIpc) is 2.97. The number of nitriles is 1. The zero-order chi connectivity index (χ0) is 28.3. The summed E-state index contributed by atoms with van der Waals surface area (Å²) in [5.41, 5.74) is 7.01. The Bertz CT molecular complexity index is 1500. The zero-order valence-corrected chi connectivity index (χ0v) is 23.6. The van der Waals surface area contributed by atoms with Crippen molar-refractivity contribution in [2.24, 2.45) is 0 Å². The van der Waals surface area contributed by atoms with Crippen LogP contribution in [0.3, 0.4) is 0 Å². The highest BCUT2D eigenvalue weighted by atomic mass is 35.5. The number of carbonyl (C=O) groups excluding carboxylic acids is 1. The number of halogens is 1. The molecule has 0 unspecified atom stereocenters. The Labute approximate surface area is 241 Å². The third-order valence-corrected chi connectivity index (χ3v) is 7.10. The molecule has 1 amide bonds. The summed E-state index contributed by atoms with van der Waals surface area (Å²) in [4.78, 5) is 11.2. The van der Waals surface area contributed by atoms with E-state index < -0.39 is 0 Å². The second-order valence-electron chi connectivity index (χ2n) is 9.65. The number of unbranched alkanes of at least 4 members (excludes halogenated alkanes) is 1. The molecule has 4 aromatic carbocycles. The first-order valence-corrected chi connectivity index (χ1v) is 13.8. The number of nitrogens with one attached hydrogen (secondary N) is 1. The molecule has 0 saturated carbocycles. The summed E-state index contributed by atoms with van der Waals surface area (Å²) in [6.45, 7) is 4.90. The summed E-state index contributed by atoms with van der Waals surface area (Å²) in [5, 5.41) is 12.5. The van der Waals surface area contributed by atoms with Crippen molar-refractivity contribution >= 4 is 17.5 Å². The molecule has 0 saturated heterocycles. The molecule has 4 rings (SSSR count). The largest absolute Gasteiger partial charge is 0.487 e. The van der Waals surface area contributed by atoms with Crippen LogP contribution in [-0.2, 0) is 24.4 Å². The van der Waals surface area contributed by atoms with E-state index in [1.54, 1.807) is 6.07 Å². The van der Waals surface area contributed by atoms with Crippen molar-refractivity contribution in [1.29, 1.82) is 5.26 Å². The summed E-state index contributed by atoms with van der Waals surface area (Å²) < 4.78 is 12.5. The highest BCUT2D eigenvalue weighted by Gasteiger charge is 2.16. The van der Waals surface area contributed by atoms with Crippen molar-refractivity contribution < 1.29 is 14.3 Å². The van der Waals surface area contributed by atoms with Crippen molar-refractivity contribution in [3.8, 4) is 28.7 Å². The highest BCUT2D eigenvalue weighted by Crippen LogP contribution is 2.39. The lowest BCUT2D eigenvalue weighted by Gasteiger charge is -2.18. The standard InChI is InChI=1S/C34H33ClN2O3/c1-24-30(15-9-16-31(24)28-12-4-3-5-13-28)23-39-32-18-17-29(14-6-7-19-37-25(2)38)34(33(32)35)40-22-27-11-8-10-26(20-27)21-36/h3-5,8-13,15-18,20H,6-7,14,19,22-23H2,1-2H3,(H,37,38). The van der Waals surface area contributed by atoms with Crippen LogP contribution in [-0.4, -0.2) is 12.5 Å². The molecule has 0 radical (unpaired) electrons. The fraction of sp³-hybridized carbons (Fsp3) is 0.235. The second kappa shape index (κ2) is 14.2. The number of nitrogens with zero attached hydrogens (tertiary/aromatic N) is 1. The molecule has 204 valence electrons. The van der Waals surface area contributed by atoms with Gasteiger partial charge in [-0.1, -0.05) is 78.3 Å². The number of rotatable bonds is 12. The molecule has 0 aromatic heterocycles. The minimum atomic E-state index is -0.0299.